The van der Waals surface area contributed by atoms with Gasteiger partial charge in [0, 0.05) is 18.2 Å². The Hall–Kier alpha value is -3.48. The molecule has 3 aromatic rings. The minimum Gasteiger partial charge on any atom is -0.497 e. The van der Waals surface area contributed by atoms with Crippen LogP contribution < -0.4 is 14.8 Å². The smallest absolute Gasteiger partial charge is 0.318 e. The molecule has 0 aliphatic heterocycles. The van der Waals surface area contributed by atoms with Crippen molar-refractivity contribution >= 4 is 6.03 Å². The molecule has 2 aromatic carbocycles. The van der Waals surface area contributed by atoms with E-state index < -0.39 is 0 Å². The van der Waals surface area contributed by atoms with Crippen LogP contribution in [0.25, 0.3) is 5.69 Å². The summed E-state index contributed by atoms with van der Waals surface area (Å²) in [5.41, 5.74) is 2.53. The third-order valence-electron chi connectivity index (χ3n) is 5.02. The molecule has 1 N–H and O–H groups in total. The van der Waals surface area contributed by atoms with Crippen LogP contribution in [-0.2, 0) is 6.54 Å². The van der Waals surface area contributed by atoms with Gasteiger partial charge in [0.2, 0.25) is 5.88 Å². The molecular weight excluding hydrogens is 404 g/mol. The number of nitrogens with zero attached hydrogens (tertiary/aromatic N) is 3. The van der Waals surface area contributed by atoms with Crippen molar-refractivity contribution in [1.82, 2.24) is 20.0 Å². The first-order valence-electron chi connectivity index (χ1n) is 10.8. The predicted molar refractivity (Wildman–Crippen MR) is 126 cm³/mol. The van der Waals surface area contributed by atoms with Gasteiger partial charge in [0.1, 0.15) is 11.5 Å². The second-order valence-corrected chi connectivity index (χ2v) is 8.22. The van der Waals surface area contributed by atoms with E-state index in [1.54, 1.807) is 16.7 Å². The number of hydrogen-bond acceptors (Lipinski definition) is 4. The van der Waals surface area contributed by atoms with Gasteiger partial charge in [-0.05, 0) is 58.9 Å². The summed E-state index contributed by atoms with van der Waals surface area (Å²) in [7, 11) is 1.62. The fraction of sp³-hybridized carbons (Fsp3) is 0.360. The highest BCUT2D eigenvalue weighted by molar-refractivity contribution is 5.75. The average molecular weight is 437 g/mol. The molecule has 3 rings (SSSR count). The van der Waals surface area contributed by atoms with Crippen LogP contribution in [0.5, 0.6) is 17.4 Å². The minimum atomic E-state index is -0.116. The first-order chi connectivity index (χ1) is 15.3. The molecule has 0 spiro atoms. The van der Waals surface area contributed by atoms with Crippen LogP contribution >= 0.6 is 0 Å². The number of aryl methyl sites for hydroxylation is 1. The maximum Gasteiger partial charge on any atom is 0.318 e. The Morgan fingerprint density at radius 2 is 1.75 bits per heavy atom. The van der Waals surface area contributed by atoms with Crippen LogP contribution in [0.1, 0.15) is 39.0 Å². The largest absolute Gasteiger partial charge is 0.497 e. The summed E-state index contributed by atoms with van der Waals surface area (Å²) >= 11 is 0. The van der Waals surface area contributed by atoms with Crippen LogP contribution in [0.2, 0.25) is 0 Å². The van der Waals surface area contributed by atoms with E-state index >= 15 is 0 Å². The lowest BCUT2D eigenvalue weighted by atomic mass is 10.2. The van der Waals surface area contributed by atoms with Crippen molar-refractivity contribution in [3.63, 3.8) is 0 Å². The van der Waals surface area contributed by atoms with Crippen LogP contribution in [0.3, 0.4) is 0 Å². The number of carbonyl (C=O) groups is 1. The number of rotatable bonds is 8. The third-order valence-corrected chi connectivity index (χ3v) is 5.02. The van der Waals surface area contributed by atoms with E-state index in [9.17, 15) is 4.79 Å². The van der Waals surface area contributed by atoms with Crippen molar-refractivity contribution in [2.75, 3.05) is 7.11 Å². The van der Waals surface area contributed by atoms with Crippen LogP contribution in [-0.4, -0.2) is 39.9 Å². The molecule has 7 heteroatoms. The van der Waals surface area contributed by atoms with Crippen molar-refractivity contribution in [2.45, 2.75) is 53.2 Å². The molecule has 0 fully saturated rings. The molecule has 0 aliphatic rings. The summed E-state index contributed by atoms with van der Waals surface area (Å²) in [5.74, 6) is 1.90. The number of nitrogens with one attached hydrogen (secondary N) is 1. The van der Waals surface area contributed by atoms with Gasteiger partial charge in [-0.25, -0.2) is 9.48 Å². The number of methoxy groups -OCH3 is 1. The Morgan fingerprint density at radius 1 is 1.06 bits per heavy atom. The lowest BCUT2D eigenvalue weighted by molar-refractivity contribution is 0.176. The number of aromatic nitrogens is 2. The maximum atomic E-state index is 12.9. The molecule has 1 aromatic heterocycles. The minimum absolute atomic E-state index is 0.00195. The van der Waals surface area contributed by atoms with Gasteiger partial charge in [-0.1, -0.05) is 24.3 Å². The van der Waals surface area contributed by atoms with E-state index in [-0.39, 0.29) is 18.1 Å². The van der Waals surface area contributed by atoms with Crippen molar-refractivity contribution in [1.29, 1.82) is 0 Å². The zero-order valence-electron chi connectivity index (χ0n) is 19.6. The van der Waals surface area contributed by atoms with Gasteiger partial charge in [-0.15, -0.1) is 0 Å². The van der Waals surface area contributed by atoms with E-state index in [0.29, 0.717) is 23.9 Å². The maximum absolute atomic E-state index is 12.9. The topological polar surface area (TPSA) is 68.6 Å². The van der Waals surface area contributed by atoms with E-state index in [1.807, 2.05) is 89.2 Å². The van der Waals surface area contributed by atoms with Crippen molar-refractivity contribution < 1.29 is 14.3 Å². The molecule has 0 aliphatic carbocycles. The van der Waals surface area contributed by atoms with E-state index in [0.717, 1.165) is 16.9 Å². The summed E-state index contributed by atoms with van der Waals surface area (Å²) in [6.07, 6.45) is 0. The second-order valence-electron chi connectivity index (χ2n) is 8.22. The van der Waals surface area contributed by atoms with Gasteiger partial charge >= 0.3 is 6.03 Å². The molecule has 0 bridgehead atoms. The summed E-state index contributed by atoms with van der Waals surface area (Å²) in [6.45, 7) is 10.2. The van der Waals surface area contributed by atoms with E-state index in [1.165, 1.54) is 0 Å². The first kappa shape index (κ1) is 23.2. The molecule has 0 atom stereocenters. The third kappa shape index (κ3) is 5.41. The quantitative estimate of drug-likeness (QED) is 0.520. The van der Waals surface area contributed by atoms with E-state index in [4.69, 9.17) is 14.6 Å². The average Bonchev–Trinajstić information content (AvgIpc) is 3.06. The number of hydrogen-bond donors (Lipinski definition) is 1. The highest BCUT2D eigenvalue weighted by Gasteiger charge is 2.25. The monoisotopic (exact) mass is 436 g/mol. The van der Waals surface area contributed by atoms with Crippen molar-refractivity contribution in [3.8, 4) is 23.1 Å². The highest BCUT2D eigenvalue weighted by atomic mass is 16.5. The number of amides is 2. The Labute approximate surface area is 190 Å². The molecule has 0 saturated carbocycles. The molecule has 0 radical (unpaired) electrons. The SMILES string of the molecule is COc1cccc(Oc2c(CN(C(=O)NC(C)C)C(C)C)c(C)nn2-c2ccccc2)c1. The molecule has 170 valence electrons. The van der Waals surface area contributed by atoms with Crippen molar-refractivity contribution in [2.24, 2.45) is 0 Å². The predicted octanol–water partition coefficient (Wildman–Crippen LogP) is 5.31. The van der Waals surface area contributed by atoms with Crippen molar-refractivity contribution in [3.05, 3.63) is 65.9 Å². The fourth-order valence-electron chi connectivity index (χ4n) is 3.33. The molecule has 32 heavy (non-hydrogen) atoms. The zero-order chi connectivity index (χ0) is 23.3. The normalized spacial score (nSPS) is 11.0. The van der Waals surface area contributed by atoms with Crippen LogP contribution in [0, 0.1) is 6.92 Å². The van der Waals surface area contributed by atoms with Gasteiger partial charge in [-0.3, -0.25) is 0 Å². The van der Waals surface area contributed by atoms with Gasteiger partial charge in [0.15, 0.2) is 0 Å². The number of para-hydroxylation sites is 1. The first-order valence-corrected chi connectivity index (χ1v) is 10.8. The van der Waals surface area contributed by atoms with E-state index in [2.05, 4.69) is 5.32 Å². The highest BCUT2D eigenvalue weighted by Crippen LogP contribution is 2.33. The Bertz CT molecular complexity index is 1040. The van der Waals surface area contributed by atoms with Crippen LogP contribution in [0.15, 0.2) is 54.6 Å². The fourth-order valence-corrected chi connectivity index (χ4v) is 3.33. The molecule has 1 heterocycles. The van der Waals surface area contributed by atoms with Gasteiger partial charge in [0.25, 0.3) is 0 Å². The Kier molecular flexibility index (Phi) is 7.41. The lowest BCUT2D eigenvalue weighted by Gasteiger charge is -2.28. The summed E-state index contributed by atoms with van der Waals surface area (Å²) < 4.78 is 13.5. The Morgan fingerprint density at radius 3 is 2.38 bits per heavy atom. The van der Waals surface area contributed by atoms with Crippen LogP contribution in [0.4, 0.5) is 4.79 Å². The van der Waals surface area contributed by atoms with Gasteiger partial charge in [0.05, 0.1) is 30.6 Å². The number of benzene rings is 2. The number of urea groups is 1. The lowest BCUT2D eigenvalue weighted by Crippen LogP contribution is -2.45. The summed E-state index contributed by atoms with van der Waals surface area (Å²) in [4.78, 5) is 14.7. The van der Waals surface area contributed by atoms with Gasteiger partial charge < -0.3 is 19.7 Å². The molecule has 7 nitrogen and oxygen atoms in total. The molecule has 2 amide bonds. The standard InChI is InChI=1S/C25H32N4O3/c1-17(2)26-25(30)28(18(3)4)16-23-19(5)27-29(20-11-8-7-9-12-20)24(23)32-22-14-10-13-21(15-22)31-6/h7-15,17-18H,16H2,1-6H3,(H,26,30). The number of ether oxygens (including phenoxy) is 2. The molecule has 0 unspecified atom stereocenters. The molecule has 0 saturated heterocycles. The summed E-state index contributed by atoms with van der Waals surface area (Å²) in [6, 6.07) is 17.2. The number of carbonyl (C=O) groups excluding carboxylic acids is 1. The second kappa shape index (κ2) is 10.2. The zero-order valence-corrected chi connectivity index (χ0v) is 19.6. The Balaban J connectivity index is 2.06. The molecular formula is C25H32N4O3. The summed E-state index contributed by atoms with van der Waals surface area (Å²) in [5, 5.41) is 7.74. The van der Waals surface area contributed by atoms with Gasteiger partial charge in [-0.2, -0.15) is 5.10 Å².